The number of rotatable bonds is 5. The van der Waals surface area contributed by atoms with Crippen LogP contribution in [-0.4, -0.2) is 50.1 Å². The molecule has 0 unspecified atom stereocenters. The number of carbonyl (C=O) groups is 3. The first-order chi connectivity index (χ1) is 11.2. The maximum Gasteiger partial charge on any atom is 0.341 e. The normalized spacial score (nSPS) is 11.2. The molecule has 0 spiro atoms. The van der Waals surface area contributed by atoms with E-state index in [-0.39, 0.29) is 11.3 Å². The summed E-state index contributed by atoms with van der Waals surface area (Å²) in [4.78, 5) is 46.9. The zero-order chi connectivity index (χ0) is 18.4. The smallest absolute Gasteiger partial charge is 0.341 e. The number of hydrogen-bond donors (Lipinski definition) is 2. The van der Waals surface area contributed by atoms with E-state index in [1.165, 1.54) is 26.1 Å². The quantitative estimate of drug-likeness (QED) is 0.458. The molecule has 0 aliphatic carbocycles. The molecule has 1 atom stereocenters. The van der Waals surface area contributed by atoms with E-state index in [0.29, 0.717) is 5.69 Å². The molecule has 1 aromatic carbocycles. The molecule has 2 N–H and O–H groups in total. The van der Waals surface area contributed by atoms with Crippen LogP contribution in [-0.2, 0) is 9.53 Å². The Morgan fingerprint density at radius 3 is 2.42 bits per heavy atom. The topological polar surface area (TPSA) is 131 Å². The highest BCUT2D eigenvalue weighted by Gasteiger charge is 2.24. The molecule has 1 rings (SSSR count). The van der Waals surface area contributed by atoms with Gasteiger partial charge in [-0.2, -0.15) is 0 Å². The van der Waals surface area contributed by atoms with Gasteiger partial charge in [0, 0.05) is 33.3 Å². The Bertz CT molecular complexity index is 673. The molecule has 3 amide bonds. The second-order valence-corrected chi connectivity index (χ2v) is 4.97. The van der Waals surface area contributed by atoms with Crippen molar-refractivity contribution in [2.75, 3.05) is 26.0 Å². The van der Waals surface area contributed by atoms with E-state index < -0.39 is 28.9 Å². The predicted octanol–water partition coefficient (Wildman–Crippen LogP) is 0.662. The first-order valence-electron chi connectivity index (χ1n) is 6.86. The molecule has 10 heteroatoms. The van der Waals surface area contributed by atoms with Crippen LogP contribution in [0.5, 0.6) is 0 Å². The third-order valence-corrected chi connectivity index (χ3v) is 3.01. The number of carbonyl (C=O) groups excluding carboxylic acids is 3. The second kappa shape index (κ2) is 7.90. The first-order valence-corrected chi connectivity index (χ1v) is 6.86. The fourth-order valence-electron chi connectivity index (χ4n) is 1.74. The Balaban J connectivity index is 3.01. The number of non-ortho nitro benzene ring substituents is 1. The van der Waals surface area contributed by atoms with Crippen LogP contribution in [0.25, 0.3) is 0 Å². The lowest BCUT2D eigenvalue weighted by Gasteiger charge is -2.18. The summed E-state index contributed by atoms with van der Waals surface area (Å²) in [6, 6.07) is 2.99. The van der Waals surface area contributed by atoms with Crippen molar-refractivity contribution >= 4 is 29.3 Å². The van der Waals surface area contributed by atoms with Crippen LogP contribution in [0.2, 0.25) is 0 Å². The average molecular weight is 338 g/mol. The van der Waals surface area contributed by atoms with Crippen molar-refractivity contribution < 1.29 is 24.0 Å². The van der Waals surface area contributed by atoms with E-state index in [1.54, 1.807) is 19.0 Å². The van der Waals surface area contributed by atoms with Crippen LogP contribution in [0.3, 0.4) is 0 Å². The highest BCUT2D eigenvalue weighted by Crippen LogP contribution is 2.25. The monoisotopic (exact) mass is 338 g/mol. The number of imide groups is 1. The van der Waals surface area contributed by atoms with Gasteiger partial charge in [0.2, 0.25) is 0 Å². The highest BCUT2D eigenvalue weighted by atomic mass is 16.6. The number of hydrogen-bond acceptors (Lipinski definition) is 7. The summed E-state index contributed by atoms with van der Waals surface area (Å²) in [5.74, 6) is -1.73. The lowest BCUT2D eigenvalue weighted by atomic mass is 10.1. The molecular weight excluding hydrogens is 320 g/mol. The van der Waals surface area contributed by atoms with E-state index in [0.717, 1.165) is 6.07 Å². The number of anilines is 1. The van der Waals surface area contributed by atoms with Crippen LogP contribution in [0.4, 0.5) is 16.2 Å². The van der Waals surface area contributed by atoms with Crippen molar-refractivity contribution in [2.24, 2.45) is 0 Å². The number of esters is 1. The number of nitrogens with one attached hydrogen (secondary N) is 2. The number of amides is 3. The molecule has 0 saturated heterocycles. The molecule has 0 radical (unpaired) electrons. The molecule has 0 aliphatic rings. The zero-order valence-corrected chi connectivity index (χ0v) is 13.7. The standard InChI is InChI=1S/C14H18N4O6/c1-8(12(19)16-14(21)15-2)24-13(20)10-7-9(18(22)23)5-6-11(10)17(3)4/h5-8H,1-4H3,(H2,15,16,19,21)/t8-/m1/s1. The molecule has 130 valence electrons. The molecule has 0 aliphatic heterocycles. The summed E-state index contributed by atoms with van der Waals surface area (Å²) >= 11 is 0. The van der Waals surface area contributed by atoms with Crippen LogP contribution in [0.1, 0.15) is 17.3 Å². The average Bonchev–Trinajstić information content (AvgIpc) is 2.53. The minimum absolute atomic E-state index is 0.0613. The van der Waals surface area contributed by atoms with Gasteiger partial charge in [0.25, 0.3) is 11.6 Å². The second-order valence-electron chi connectivity index (χ2n) is 4.97. The summed E-state index contributed by atoms with van der Waals surface area (Å²) in [6.45, 7) is 1.28. The Morgan fingerprint density at radius 2 is 1.92 bits per heavy atom. The van der Waals surface area contributed by atoms with E-state index in [2.05, 4.69) is 5.32 Å². The van der Waals surface area contributed by atoms with E-state index >= 15 is 0 Å². The molecule has 0 saturated carbocycles. The number of ether oxygens (including phenoxy) is 1. The van der Waals surface area contributed by atoms with Crippen molar-refractivity contribution in [3.05, 3.63) is 33.9 Å². The zero-order valence-electron chi connectivity index (χ0n) is 13.7. The Morgan fingerprint density at radius 1 is 1.29 bits per heavy atom. The van der Waals surface area contributed by atoms with E-state index in [9.17, 15) is 24.5 Å². The Hall–Kier alpha value is -3.17. The minimum atomic E-state index is -1.26. The van der Waals surface area contributed by atoms with Crippen LogP contribution >= 0.6 is 0 Å². The molecule has 0 aromatic heterocycles. The summed E-state index contributed by atoms with van der Waals surface area (Å²) < 4.78 is 4.99. The van der Waals surface area contributed by atoms with Gasteiger partial charge in [0.05, 0.1) is 16.2 Å². The van der Waals surface area contributed by atoms with Gasteiger partial charge in [-0.3, -0.25) is 20.2 Å². The molecule has 0 fully saturated rings. The Kier molecular flexibility index (Phi) is 6.22. The van der Waals surface area contributed by atoms with Gasteiger partial charge in [-0.1, -0.05) is 0 Å². The van der Waals surface area contributed by atoms with Gasteiger partial charge in [-0.25, -0.2) is 9.59 Å². The third-order valence-electron chi connectivity index (χ3n) is 3.01. The SMILES string of the molecule is CNC(=O)NC(=O)[C@@H](C)OC(=O)c1cc([N+](=O)[O-])ccc1N(C)C. The van der Waals surface area contributed by atoms with Gasteiger partial charge in [0.1, 0.15) is 0 Å². The van der Waals surface area contributed by atoms with E-state index in [1.807, 2.05) is 5.32 Å². The number of urea groups is 1. The number of nitrogens with zero attached hydrogens (tertiary/aromatic N) is 2. The number of benzene rings is 1. The highest BCUT2D eigenvalue weighted by molar-refractivity contribution is 6.00. The van der Waals surface area contributed by atoms with Gasteiger partial charge in [0.15, 0.2) is 6.10 Å². The molecule has 0 bridgehead atoms. The maximum absolute atomic E-state index is 12.3. The molecule has 10 nitrogen and oxygen atoms in total. The fourth-order valence-corrected chi connectivity index (χ4v) is 1.74. The van der Waals surface area contributed by atoms with Crippen molar-refractivity contribution in [2.45, 2.75) is 13.0 Å². The van der Waals surface area contributed by atoms with Crippen molar-refractivity contribution in [1.82, 2.24) is 10.6 Å². The van der Waals surface area contributed by atoms with Crippen LogP contribution in [0.15, 0.2) is 18.2 Å². The van der Waals surface area contributed by atoms with E-state index in [4.69, 9.17) is 4.74 Å². The molecule has 24 heavy (non-hydrogen) atoms. The predicted molar refractivity (Wildman–Crippen MR) is 84.9 cm³/mol. The van der Waals surface area contributed by atoms with Gasteiger partial charge >= 0.3 is 12.0 Å². The van der Waals surface area contributed by atoms with Gasteiger partial charge in [-0.05, 0) is 13.0 Å². The number of nitro benzene ring substituents is 1. The number of nitro groups is 1. The summed E-state index contributed by atoms with van der Waals surface area (Å²) in [5, 5.41) is 15.0. The van der Waals surface area contributed by atoms with Crippen molar-refractivity contribution in [3.8, 4) is 0 Å². The minimum Gasteiger partial charge on any atom is -0.449 e. The summed E-state index contributed by atoms with van der Waals surface area (Å²) in [7, 11) is 4.63. The van der Waals surface area contributed by atoms with Crippen molar-refractivity contribution in [3.63, 3.8) is 0 Å². The van der Waals surface area contributed by atoms with Gasteiger partial charge < -0.3 is 15.0 Å². The summed E-state index contributed by atoms with van der Waals surface area (Å²) in [6.07, 6.45) is -1.26. The summed E-state index contributed by atoms with van der Waals surface area (Å²) in [5.41, 5.74) is 0.0494. The largest absolute Gasteiger partial charge is 0.449 e. The molecule has 0 heterocycles. The lowest BCUT2D eigenvalue weighted by molar-refractivity contribution is -0.384. The lowest BCUT2D eigenvalue weighted by Crippen LogP contribution is -2.43. The Labute approximate surface area is 137 Å². The maximum atomic E-state index is 12.3. The first kappa shape index (κ1) is 18.9. The van der Waals surface area contributed by atoms with Crippen molar-refractivity contribution in [1.29, 1.82) is 0 Å². The molecule has 1 aromatic rings. The molecular formula is C14H18N4O6. The van der Waals surface area contributed by atoms with Gasteiger partial charge in [-0.15, -0.1) is 0 Å². The van der Waals surface area contributed by atoms with Crippen LogP contribution in [0, 0.1) is 10.1 Å². The third kappa shape index (κ3) is 4.66. The van der Waals surface area contributed by atoms with Crippen LogP contribution < -0.4 is 15.5 Å². The fraction of sp³-hybridized carbons (Fsp3) is 0.357.